The first kappa shape index (κ1) is 37.2. The summed E-state index contributed by atoms with van der Waals surface area (Å²) >= 11 is 0. The van der Waals surface area contributed by atoms with E-state index in [0.29, 0.717) is 17.5 Å². The second-order valence-electron chi connectivity index (χ2n) is 16.2. The maximum Gasteiger partial charge on any atom is 0.164 e. The first-order chi connectivity index (χ1) is 31.7. The Labute approximate surface area is 370 Å². The van der Waals surface area contributed by atoms with Gasteiger partial charge in [-0.2, -0.15) is 0 Å². The maximum absolute atomic E-state index is 5.31. The Morgan fingerprint density at radius 1 is 0.234 bits per heavy atom. The van der Waals surface area contributed by atoms with Crippen LogP contribution < -0.4 is 0 Å². The molecule has 0 radical (unpaired) electrons. The van der Waals surface area contributed by atoms with Gasteiger partial charge in [0, 0.05) is 28.5 Å². The molecule has 0 aliphatic heterocycles. The van der Waals surface area contributed by atoms with Crippen molar-refractivity contribution in [3.8, 4) is 78.8 Å². The summed E-state index contributed by atoms with van der Waals surface area (Å²) in [5.41, 5.74) is 11.5. The van der Waals surface area contributed by atoms with E-state index >= 15 is 0 Å². The number of rotatable bonds is 7. The molecule has 0 unspecified atom stereocenters. The van der Waals surface area contributed by atoms with Crippen molar-refractivity contribution in [3.63, 3.8) is 0 Å². The summed E-state index contributed by atoms with van der Waals surface area (Å²) in [6.45, 7) is 0. The number of fused-ring (bicyclic) bond motifs is 5. The highest BCUT2D eigenvalue weighted by molar-refractivity contribution is 6.13. The van der Waals surface area contributed by atoms with Crippen LogP contribution in [0.15, 0.2) is 231 Å². The molecule has 0 atom stereocenters. The molecule has 12 rings (SSSR count). The molecule has 0 fully saturated rings. The number of hydrogen-bond donors (Lipinski definition) is 0. The van der Waals surface area contributed by atoms with Crippen molar-refractivity contribution in [3.05, 3.63) is 231 Å². The Bertz CT molecular complexity index is 3720. The monoisotopic (exact) mass is 814 g/mol. The van der Waals surface area contributed by atoms with Crippen LogP contribution in [-0.4, -0.2) is 19.9 Å². The van der Waals surface area contributed by atoms with Gasteiger partial charge in [-0.05, 0) is 107 Å². The number of aromatic nitrogens is 4. The minimum absolute atomic E-state index is 0.606. The summed E-state index contributed by atoms with van der Waals surface area (Å²) in [4.78, 5) is 20.7. The predicted octanol–water partition coefficient (Wildman–Crippen LogP) is 15.5. The highest BCUT2D eigenvalue weighted by Gasteiger charge is 2.18. The Kier molecular flexibility index (Phi) is 9.12. The Balaban J connectivity index is 1.01. The van der Waals surface area contributed by atoms with Crippen LogP contribution in [0.4, 0.5) is 0 Å². The van der Waals surface area contributed by atoms with E-state index < -0.39 is 0 Å². The van der Waals surface area contributed by atoms with Crippen molar-refractivity contribution >= 4 is 43.1 Å². The van der Waals surface area contributed by atoms with E-state index in [1.165, 1.54) is 38.1 Å². The number of pyridine rings is 1. The molecular weight excluding hydrogens is 777 g/mol. The Morgan fingerprint density at radius 2 is 0.766 bits per heavy atom. The third kappa shape index (κ3) is 6.66. The zero-order chi connectivity index (χ0) is 42.4. The number of hydrogen-bond acceptors (Lipinski definition) is 4. The van der Waals surface area contributed by atoms with Crippen LogP contribution in [-0.2, 0) is 0 Å². The lowest BCUT2D eigenvalue weighted by Crippen LogP contribution is -2.01. The van der Waals surface area contributed by atoms with Crippen LogP contribution in [0.1, 0.15) is 0 Å². The lowest BCUT2D eigenvalue weighted by Gasteiger charge is -2.15. The van der Waals surface area contributed by atoms with Crippen molar-refractivity contribution in [1.82, 2.24) is 19.9 Å². The van der Waals surface area contributed by atoms with Crippen molar-refractivity contribution in [2.24, 2.45) is 0 Å². The summed E-state index contributed by atoms with van der Waals surface area (Å²) in [6.07, 6.45) is 1.86. The van der Waals surface area contributed by atoms with E-state index in [-0.39, 0.29) is 0 Å². The van der Waals surface area contributed by atoms with E-state index in [4.69, 9.17) is 19.9 Å². The molecule has 0 N–H and O–H groups in total. The van der Waals surface area contributed by atoms with Crippen molar-refractivity contribution in [2.75, 3.05) is 0 Å². The van der Waals surface area contributed by atoms with Gasteiger partial charge in [0.15, 0.2) is 17.5 Å². The first-order valence-corrected chi connectivity index (χ1v) is 21.6. The summed E-state index contributed by atoms with van der Waals surface area (Å²) in [6, 6.07) is 79.3. The normalized spacial score (nSPS) is 11.4. The third-order valence-electron chi connectivity index (χ3n) is 12.4. The van der Waals surface area contributed by atoms with Gasteiger partial charge in [0.25, 0.3) is 0 Å². The zero-order valence-corrected chi connectivity index (χ0v) is 34.7. The maximum atomic E-state index is 5.31. The molecule has 298 valence electrons. The van der Waals surface area contributed by atoms with Gasteiger partial charge in [-0.25, -0.2) is 15.0 Å². The van der Waals surface area contributed by atoms with Crippen LogP contribution in [0.5, 0.6) is 0 Å². The standard InChI is InChI=1S/C60H38N4/c1-4-21-47-39(14-1)17-12-26-48(47)41-29-31-42(32-30-41)58-62-59(64-60(63-58)56-38-45-16-3-6-23-50(45)51-24-7-8-25-53(51)56)46-20-11-19-43(36-46)44-33-34-54(55(37-44)57-28-9-10-35-61-57)52-27-13-18-40-15-2-5-22-49(40)52/h1-38H. The van der Waals surface area contributed by atoms with E-state index in [2.05, 4.69) is 212 Å². The molecule has 0 aliphatic rings. The quantitative estimate of drug-likeness (QED) is 0.150. The summed E-state index contributed by atoms with van der Waals surface area (Å²) < 4.78 is 0. The molecule has 0 aliphatic carbocycles. The van der Waals surface area contributed by atoms with Crippen LogP contribution in [0.3, 0.4) is 0 Å². The van der Waals surface area contributed by atoms with Crippen molar-refractivity contribution in [2.45, 2.75) is 0 Å². The van der Waals surface area contributed by atoms with Gasteiger partial charge in [0.2, 0.25) is 0 Å². The van der Waals surface area contributed by atoms with Gasteiger partial charge in [0.05, 0.1) is 5.69 Å². The minimum atomic E-state index is 0.606. The lowest BCUT2D eigenvalue weighted by atomic mass is 9.90. The molecule has 2 heterocycles. The SMILES string of the molecule is c1ccc(-c2cc(-c3cccc(-c4nc(-c5ccc(-c6cccc7ccccc67)cc5)nc(-c5cc6ccccc6c6ccccc56)n4)c3)ccc2-c2cccc3ccccc23)nc1. The predicted molar refractivity (Wildman–Crippen MR) is 266 cm³/mol. The number of nitrogens with zero attached hydrogens (tertiary/aromatic N) is 4. The largest absolute Gasteiger partial charge is 0.256 e. The Hall–Kier alpha value is -8.60. The summed E-state index contributed by atoms with van der Waals surface area (Å²) in [7, 11) is 0. The zero-order valence-electron chi connectivity index (χ0n) is 34.7. The molecule has 2 aromatic heterocycles. The van der Waals surface area contributed by atoms with Gasteiger partial charge >= 0.3 is 0 Å². The van der Waals surface area contributed by atoms with Gasteiger partial charge < -0.3 is 0 Å². The van der Waals surface area contributed by atoms with Crippen LogP contribution in [0.2, 0.25) is 0 Å². The summed E-state index contributed by atoms with van der Waals surface area (Å²) in [5.74, 6) is 1.85. The van der Waals surface area contributed by atoms with Gasteiger partial charge in [0.1, 0.15) is 0 Å². The topological polar surface area (TPSA) is 51.6 Å². The molecule has 64 heavy (non-hydrogen) atoms. The number of benzene rings is 10. The molecule has 0 amide bonds. The second-order valence-corrected chi connectivity index (χ2v) is 16.2. The fourth-order valence-corrected chi connectivity index (χ4v) is 9.26. The van der Waals surface area contributed by atoms with Crippen LogP contribution in [0, 0.1) is 0 Å². The van der Waals surface area contributed by atoms with Crippen molar-refractivity contribution < 1.29 is 0 Å². The van der Waals surface area contributed by atoms with E-state index in [1.807, 2.05) is 18.3 Å². The van der Waals surface area contributed by atoms with Gasteiger partial charge in [-0.3, -0.25) is 4.98 Å². The fraction of sp³-hybridized carbons (Fsp3) is 0. The molecule has 4 heteroatoms. The third-order valence-corrected chi connectivity index (χ3v) is 12.4. The molecule has 0 saturated carbocycles. The Morgan fingerprint density at radius 3 is 1.52 bits per heavy atom. The van der Waals surface area contributed by atoms with Gasteiger partial charge in [-0.15, -0.1) is 0 Å². The summed E-state index contributed by atoms with van der Waals surface area (Å²) in [5, 5.41) is 9.45. The highest BCUT2D eigenvalue weighted by atomic mass is 15.0. The van der Waals surface area contributed by atoms with E-state index in [9.17, 15) is 0 Å². The minimum Gasteiger partial charge on any atom is -0.256 e. The first-order valence-electron chi connectivity index (χ1n) is 21.6. The fourth-order valence-electron chi connectivity index (χ4n) is 9.26. The van der Waals surface area contributed by atoms with Crippen LogP contribution in [0.25, 0.3) is 122 Å². The molecular formula is C60H38N4. The molecule has 0 saturated heterocycles. The lowest BCUT2D eigenvalue weighted by molar-refractivity contribution is 1.08. The average Bonchev–Trinajstić information content (AvgIpc) is 3.38. The van der Waals surface area contributed by atoms with E-state index in [1.54, 1.807) is 0 Å². The second kappa shape index (κ2) is 15.7. The average molecular weight is 815 g/mol. The molecule has 4 nitrogen and oxygen atoms in total. The van der Waals surface area contributed by atoms with E-state index in [0.717, 1.165) is 66.4 Å². The molecule has 10 aromatic carbocycles. The highest BCUT2D eigenvalue weighted by Crippen LogP contribution is 2.40. The molecule has 12 aromatic rings. The smallest absolute Gasteiger partial charge is 0.164 e. The van der Waals surface area contributed by atoms with Crippen LogP contribution >= 0.6 is 0 Å². The molecule has 0 bridgehead atoms. The van der Waals surface area contributed by atoms with Crippen molar-refractivity contribution in [1.29, 1.82) is 0 Å². The van der Waals surface area contributed by atoms with Gasteiger partial charge in [-0.1, -0.05) is 194 Å². The molecule has 0 spiro atoms.